The fraction of sp³-hybridized carbons (Fsp3) is 0.350. The predicted molar refractivity (Wildman–Crippen MR) is 102 cm³/mol. The third kappa shape index (κ3) is 3.41. The molecule has 0 aromatic heterocycles. The molecule has 1 unspecified atom stereocenters. The fourth-order valence-electron chi connectivity index (χ4n) is 3.74. The molecule has 27 heavy (non-hydrogen) atoms. The van der Waals surface area contributed by atoms with Crippen molar-refractivity contribution in [1.82, 2.24) is 0 Å². The van der Waals surface area contributed by atoms with Crippen molar-refractivity contribution >= 4 is 33.5 Å². The molecule has 0 fully saturated rings. The van der Waals surface area contributed by atoms with E-state index in [-0.39, 0.29) is 30.2 Å². The van der Waals surface area contributed by atoms with Crippen LogP contribution in [0.4, 0.5) is 4.39 Å². The van der Waals surface area contributed by atoms with Gasteiger partial charge in [-0.3, -0.25) is 4.79 Å². The number of ether oxygens (including phenoxy) is 3. The van der Waals surface area contributed by atoms with Crippen molar-refractivity contribution in [1.29, 1.82) is 0 Å². The molecule has 2 atom stereocenters. The van der Waals surface area contributed by atoms with E-state index in [0.29, 0.717) is 41.5 Å². The van der Waals surface area contributed by atoms with E-state index in [2.05, 4.69) is 15.9 Å². The Bertz CT molecular complexity index is 917. The van der Waals surface area contributed by atoms with Gasteiger partial charge in [-0.25, -0.2) is 4.39 Å². The minimum atomic E-state index is -0.376. The van der Waals surface area contributed by atoms with Crippen LogP contribution in [0.15, 0.2) is 28.7 Å². The second-order valence-electron chi connectivity index (χ2n) is 6.68. The van der Waals surface area contributed by atoms with E-state index in [1.807, 2.05) is 12.1 Å². The predicted octanol–water partition coefficient (Wildman–Crippen LogP) is 5.35. The summed E-state index contributed by atoms with van der Waals surface area (Å²) in [5.41, 5.74) is 2.37. The van der Waals surface area contributed by atoms with Crippen molar-refractivity contribution in [3.05, 3.63) is 56.3 Å². The van der Waals surface area contributed by atoms with Crippen molar-refractivity contribution in [2.24, 2.45) is 0 Å². The zero-order chi connectivity index (χ0) is 19.1. The summed E-state index contributed by atoms with van der Waals surface area (Å²) in [6.07, 6.45) is 1.27. The van der Waals surface area contributed by atoms with Crippen LogP contribution in [0.1, 0.15) is 41.6 Å². The van der Waals surface area contributed by atoms with Crippen LogP contribution in [-0.4, -0.2) is 19.7 Å². The normalized spacial score (nSPS) is 20.0. The molecular weight excluding hydrogens is 439 g/mol. The smallest absolute Gasteiger partial charge is 0.306 e. The highest BCUT2D eigenvalue weighted by Crippen LogP contribution is 2.44. The molecule has 1 heterocycles. The summed E-state index contributed by atoms with van der Waals surface area (Å²) in [5.74, 6) is 0.660. The number of hydrogen-bond donors (Lipinski definition) is 0. The largest absolute Gasteiger partial charge is 0.492 e. The molecule has 2 aliphatic rings. The highest BCUT2D eigenvalue weighted by atomic mass is 79.9. The second kappa shape index (κ2) is 7.32. The molecule has 7 heteroatoms. The van der Waals surface area contributed by atoms with Gasteiger partial charge < -0.3 is 14.2 Å². The lowest BCUT2D eigenvalue weighted by Crippen LogP contribution is -2.09. The van der Waals surface area contributed by atoms with Crippen molar-refractivity contribution in [3.8, 4) is 11.5 Å². The number of carbonyl (C=O) groups is 1. The quantitative estimate of drug-likeness (QED) is 0.461. The summed E-state index contributed by atoms with van der Waals surface area (Å²) >= 11 is 9.49. The molecule has 0 saturated heterocycles. The number of halogens is 3. The van der Waals surface area contributed by atoms with Crippen LogP contribution >= 0.6 is 27.5 Å². The van der Waals surface area contributed by atoms with Crippen LogP contribution in [-0.2, 0) is 16.0 Å². The van der Waals surface area contributed by atoms with Gasteiger partial charge in [-0.05, 0) is 46.5 Å². The summed E-state index contributed by atoms with van der Waals surface area (Å²) in [7, 11) is 1.38. The first kappa shape index (κ1) is 18.6. The Hall–Kier alpha value is -1.79. The molecular formula is C20H17BrClFO4. The van der Waals surface area contributed by atoms with Crippen molar-refractivity contribution in [2.75, 3.05) is 13.7 Å². The molecule has 0 bridgehead atoms. The van der Waals surface area contributed by atoms with Gasteiger partial charge in [0, 0.05) is 27.6 Å². The maximum Gasteiger partial charge on any atom is 0.306 e. The minimum absolute atomic E-state index is 0.0238. The molecule has 2 aromatic carbocycles. The van der Waals surface area contributed by atoms with Gasteiger partial charge in [0.15, 0.2) is 0 Å². The summed E-state index contributed by atoms with van der Waals surface area (Å²) in [5, 5.41) is 0.370. The molecule has 0 N–H and O–H groups in total. The number of fused-ring (bicyclic) bond motifs is 2. The molecule has 1 aliphatic heterocycles. The standard InChI is InChI=1S/C20H17BrClFO4/c1-25-18(24)6-10-9-26-17-7-11(2-3-12(10)17)27-16-5-4-13-19(16)15(23)8-14(22)20(13)21/h2-3,7-8,10,16H,4-6,9H2,1H3/t10-,16?/m1/s1. The third-order valence-corrected chi connectivity index (χ3v) is 6.51. The molecule has 142 valence electrons. The lowest BCUT2D eigenvalue weighted by atomic mass is 9.98. The Labute approximate surface area is 169 Å². The van der Waals surface area contributed by atoms with Crippen molar-refractivity contribution in [2.45, 2.75) is 31.3 Å². The van der Waals surface area contributed by atoms with E-state index >= 15 is 0 Å². The van der Waals surface area contributed by atoms with E-state index in [0.717, 1.165) is 15.6 Å². The number of hydrogen-bond acceptors (Lipinski definition) is 4. The van der Waals surface area contributed by atoms with Crippen LogP contribution in [0.2, 0.25) is 5.02 Å². The zero-order valence-corrected chi connectivity index (χ0v) is 16.9. The summed E-state index contributed by atoms with van der Waals surface area (Å²) < 4.78 is 31.7. The second-order valence-corrected chi connectivity index (χ2v) is 7.88. The first-order valence-electron chi connectivity index (χ1n) is 8.64. The van der Waals surface area contributed by atoms with Crippen molar-refractivity contribution in [3.63, 3.8) is 0 Å². The van der Waals surface area contributed by atoms with Crippen molar-refractivity contribution < 1.29 is 23.4 Å². The van der Waals surface area contributed by atoms with E-state index < -0.39 is 0 Å². The number of esters is 1. The molecule has 1 aliphatic carbocycles. The molecule has 4 rings (SSSR count). The van der Waals surface area contributed by atoms with E-state index in [1.54, 1.807) is 6.07 Å². The Morgan fingerprint density at radius 1 is 1.41 bits per heavy atom. The van der Waals surface area contributed by atoms with Gasteiger partial charge in [0.1, 0.15) is 23.4 Å². The average molecular weight is 456 g/mol. The van der Waals surface area contributed by atoms with Gasteiger partial charge in [0.25, 0.3) is 0 Å². The molecule has 4 nitrogen and oxygen atoms in total. The maximum atomic E-state index is 14.5. The number of benzene rings is 2. The number of rotatable bonds is 4. The first-order chi connectivity index (χ1) is 13.0. The van der Waals surface area contributed by atoms with Gasteiger partial charge >= 0.3 is 5.97 Å². The topological polar surface area (TPSA) is 44.8 Å². The maximum absolute atomic E-state index is 14.5. The van der Waals surface area contributed by atoms with Gasteiger partial charge in [-0.1, -0.05) is 17.7 Å². The fourth-order valence-corrected chi connectivity index (χ4v) is 4.47. The zero-order valence-electron chi connectivity index (χ0n) is 14.6. The van der Waals surface area contributed by atoms with Gasteiger partial charge in [0.2, 0.25) is 0 Å². The highest BCUT2D eigenvalue weighted by Gasteiger charge is 2.32. The SMILES string of the molecule is COC(=O)C[C@@H]1COc2cc(OC3CCc4c(Br)c(Cl)cc(F)c43)ccc21. The summed E-state index contributed by atoms with van der Waals surface area (Å²) in [6.45, 7) is 0.431. The van der Waals surface area contributed by atoms with Crippen LogP contribution in [0.5, 0.6) is 11.5 Å². The van der Waals surface area contributed by atoms with E-state index in [9.17, 15) is 9.18 Å². The van der Waals surface area contributed by atoms with Crippen LogP contribution in [0.3, 0.4) is 0 Å². The van der Waals surface area contributed by atoms with Gasteiger partial charge in [-0.2, -0.15) is 0 Å². The molecule has 2 aromatic rings. The minimum Gasteiger partial charge on any atom is -0.492 e. The van der Waals surface area contributed by atoms with Crippen LogP contribution in [0.25, 0.3) is 0 Å². The summed E-state index contributed by atoms with van der Waals surface area (Å²) in [4.78, 5) is 11.5. The first-order valence-corrected chi connectivity index (χ1v) is 9.81. The Morgan fingerprint density at radius 2 is 2.22 bits per heavy atom. The highest BCUT2D eigenvalue weighted by molar-refractivity contribution is 9.10. The van der Waals surface area contributed by atoms with Gasteiger partial charge in [-0.15, -0.1) is 0 Å². The Balaban J connectivity index is 1.55. The lowest BCUT2D eigenvalue weighted by molar-refractivity contribution is -0.141. The molecule has 0 radical (unpaired) electrons. The van der Waals surface area contributed by atoms with E-state index in [1.165, 1.54) is 13.2 Å². The number of carbonyl (C=O) groups excluding carboxylic acids is 1. The Morgan fingerprint density at radius 3 is 3.00 bits per heavy atom. The number of methoxy groups -OCH3 is 1. The lowest BCUT2D eigenvalue weighted by Gasteiger charge is -2.17. The molecule has 0 spiro atoms. The third-order valence-electron chi connectivity index (χ3n) is 5.07. The van der Waals surface area contributed by atoms with Crippen LogP contribution in [0, 0.1) is 5.82 Å². The monoisotopic (exact) mass is 454 g/mol. The Kier molecular flexibility index (Phi) is 5.03. The average Bonchev–Trinajstić information content (AvgIpc) is 3.24. The molecule has 0 amide bonds. The van der Waals surface area contributed by atoms with Crippen LogP contribution < -0.4 is 9.47 Å². The van der Waals surface area contributed by atoms with Gasteiger partial charge in [0.05, 0.1) is 25.2 Å². The molecule has 0 saturated carbocycles. The summed E-state index contributed by atoms with van der Waals surface area (Å²) in [6, 6.07) is 6.84. The van der Waals surface area contributed by atoms with E-state index in [4.69, 9.17) is 25.8 Å².